The number of pyridine rings is 1. The number of aromatic nitrogens is 1. The van der Waals surface area contributed by atoms with E-state index >= 15 is 0 Å². The molecule has 1 aromatic heterocycles. The van der Waals surface area contributed by atoms with Gasteiger partial charge in [0.2, 0.25) is 5.91 Å². The number of hydrogen-bond donors (Lipinski definition) is 1. The zero-order valence-corrected chi connectivity index (χ0v) is 10.7. The molecule has 0 radical (unpaired) electrons. The van der Waals surface area contributed by atoms with Crippen LogP contribution in [0.2, 0.25) is 0 Å². The van der Waals surface area contributed by atoms with Crippen LogP contribution in [0.25, 0.3) is 0 Å². The Bertz CT molecular complexity index is 625. The molecule has 1 atom stereocenters. The molecule has 2 aromatic rings. The fraction of sp³-hybridized carbons (Fsp3) is 0.200. The van der Waals surface area contributed by atoms with Gasteiger partial charge < -0.3 is 10.6 Å². The standard InChI is InChI=1S/C15H15N3O/c1-18-14-11(6-4-7-13(14)16)12(15(18)19)9-10-5-2-3-8-17-10/h2-8,12H,9,16H2,1H3. The fourth-order valence-electron chi connectivity index (χ4n) is 2.65. The van der Waals surface area contributed by atoms with Crippen LogP contribution in [-0.2, 0) is 11.2 Å². The summed E-state index contributed by atoms with van der Waals surface area (Å²) in [4.78, 5) is 18.3. The van der Waals surface area contributed by atoms with E-state index in [1.54, 1.807) is 18.1 Å². The van der Waals surface area contributed by atoms with Crippen molar-refractivity contribution < 1.29 is 4.79 Å². The second kappa shape index (κ2) is 4.39. The summed E-state index contributed by atoms with van der Waals surface area (Å²) in [6, 6.07) is 11.4. The van der Waals surface area contributed by atoms with Crippen molar-refractivity contribution in [2.45, 2.75) is 12.3 Å². The Kier molecular flexibility index (Phi) is 2.71. The molecule has 1 aliphatic rings. The summed E-state index contributed by atoms with van der Waals surface area (Å²) < 4.78 is 0. The number of anilines is 2. The largest absolute Gasteiger partial charge is 0.397 e. The predicted molar refractivity (Wildman–Crippen MR) is 74.9 cm³/mol. The zero-order valence-electron chi connectivity index (χ0n) is 10.7. The lowest BCUT2D eigenvalue weighted by molar-refractivity contribution is -0.119. The van der Waals surface area contributed by atoms with Crippen molar-refractivity contribution in [2.75, 3.05) is 17.7 Å². The second-order valence-electron chi connectivity index (χ2n) is 4.76. The summed E-state index contributed by atoms with van der Waals surface area (Å²) >= 11 is 0. The monoisotopic (exact) mass is 253 g/mol. The molecule has 1 unspecified atom stereocenters. The Balaban J connectivity index is 2.00. The summed E-state index contributed by atoms with van der Waals surface area (Å²) in [6.07, 6.45) is 2.36. The average molecular weight is 253 g/mol. The number of para-hydroxylation sites is 1. The van der Waals surface area contributed by atoms with Crippen LogP contribution in [0.5, 0.6) is 0 Å². The van der Waals surface area contributed by atoms with Gasteiger partial charge in [0.1, 0.15) is 0 Å². The van der Waals surface area contributed by atoms with E-state index in [-0.39, 0.29) is 11.8 Å². The highest BCUT2D eigenvalue weighted by atomic mass is 16.2. The molecule has 4 heteroatoms. The number of amides is 1. The van der Waals surface area contributed by atoms with Crippen LogP contribution in [-0.4, -0.2) is 17.9 Å². The van der Waals surface area contributed by atoms with Gasteiger partial charge in [-0.3, -0.25) is 9.78 Å². The van der Waals surface area contributed by atoms with Crippen molar-refractivity contribution in [1.29, 1.82) is 0 Å². The van der Waals surface area contributed by atoms with Gasteiger partial charge in [-0.2, -0.15) is 0 Å². The number of benzene rings is 1. The lowest BCUT2D eigenvalue weighted by atomic mass is 9.95. The van der Waals surface area contributed by atoms with E-state index in [4.69, 9.17) is 5.73 Å². The van der Waals surface area contributed by atoms with Crippen molar-refractivity contribution >= 4 is 17.3 Å². The molecule has 0 saturated heterocycles. The number of hydrogen-bond acceptors (Lipinski definition) is 3. The molecule has 1 aromatic carbocycles. The molecule has 0 spiro atoms. The average Bonchev–Trinajstić information content (AvgIpc) is 2.66. The second-order valence-corrected chi connectivity index (χ2v) is 4.76. The maximum absolute atomic E-state index is 12.4. The number of likely N-dealkylation sites (N-methyl/N-ethyl adjacent to an activating group) is 1. The lowest BCUT2D eigenvalue weighted by Crippen LogP contribution is -2.25. The molecule has 2 N–H and O–H groups in total. The Morgan fingerprint density at radius 2 is 2.11 bits per heavy atom. The van der Waals surface area contributed by atoms with Gasteiger partial charge in [0.05, 0.1) is 17.3 Å². The molecule has 4 nitrogen and oxygen atoms in total. The third kappa shape index (κ3) is 1.85. The quantitative estimate of drug-likeness (QED) is 0.832. The Morgan fingerprint density at radius 1 is 1.26 bits per heavy atom. The molecule has 0 aliphatic carbocycles. The normalized spacial score (nSPS) is 17.6. The highest BCUT2D eigenvalue weighted by molar-refractivity contribution is 6.07. The molecule has 3 rings (SSSR count). The third-order valence-electron chi connectivity index (χ3n) is 3.58. The maximum atomic E-state index is 12.4. The molecule has 96 valence electrons. The van der Waals surface area contributed by atoms with E-state index in [1.807, 2.05) is 36.4 Å². The molecule has 1 aliphatic heterocycles. The van der Waals surface area contributed by atoms with Crippen molar-refractivity contribution in [3.05, 3.63) is 53.9 Å². The van der Waals surface area contributed by atoms with Crippen LogP contribution in [0.1, 0.15) is 17.2 Å². The molecule has 0 fully saturated rings. The van der Waals surface area contributed by atoms with Crippen molar-refractivity contribution in [3.63, 3.8) is 0 Å². The predicted octanol–water partition coefficient (Wildman–Crippen LogP) is 1.97. The Morgan fingerprint density at radius 3 is 2.84 bits per heavy atom. The highest BCUT2D eigenvalue weighted by Gasteiger charge is 2.36. The number of nitrogens with two attached hydrogens (primary N) is 1. The SMILES string of the molecule is CN1C(=O)C(Cc2ccccn2)c2cccc(N)c21. The number of rotatable bonds is 2. The Hall–Kier alpha value is -2.36. The van der Waals surface area contributed by atoms with Gasteiger partial charge in [0, 0.05) is 25.4 Å². The summed E-state index contributed by atoms with van der Waals surface area (Å²) in [5.41, 5.74) is 9.38. The van der Waals surface area contributed by atoms with Crippen LogP contribution in [0, 0.1) is 0 Å². The van der Waals surface area contributed by atoms with E-state index in [9.17, 15) is 4.79 Å². The van der Waals surface area contributed by atoms with E-state index in [0.717, 1.165) is 16.9 Å². The zero-order chi connectivity index (χ0) is 13.4. The van der Waals surface area contributed by atoms with Gasteiger partial charge in [-0.1, -0.05) is 18.2 Å². The van der Waals surface area contributed by atoms with E-state index in [0.29, 0.717) is 12.1 Å². The van der Waals surface area contributed by atoms with Gasteiger partial charge in [-0.25, -0.2) is 0 Å². The molecule has 0 bridgehead atoms. The highest BCUT2D eigenvalue weighted by Crippen LogP contribution is 2.41. The van der Waals surface area contributed by atoms with Crippen LogP contribution >= 0.6 is 0 Å². The van der Waals surface area contributed by atoms with Gasteiger partial charge >= 0.3 is 0 Å². The number of fused-ring (bicyclic) bond motifs is 1. The van der Waals surface area contributed by atoms with Gasteiger partial charge in [0.25, 0.3) is 0 Å². The number of carbonyl (C=O) groups is 1. The Labute approximate surface area is 111 Å². The van der Waals surface area contributed by atoms with E-state index in [2.05, 4.69) is 4.98 Å². The van der Waals surface area contributed by atoms with Crippen molar-refractivity contribution in [1.82, 2.24) is 4.98 Å². The molecular formula is C15H15N3O. The molecule has 2 heterocycles. The fourth-order valence-corrected chi connectivity index (χ4v) is 2.65. The van der Waals surface area contributed by atoms with Crippen molar-refractivity contribution in [3.8, 4) is 0 Å². The van der Waals surface area contributed by atoms with E-state index < -0.39 is 0 Å². The first kappa shape index (κ1) is 11.7. The summed E-state index contributed by atoms with van der Waals surface area (Å²) in [7, 11) is 1.77. The number of carbonyl (C=O) groups excluding carboxylic acids is 1. The van der Waals surface area contributed by atoms with Crippen molar-refractivity contribution in [2.24, 2.45) is 0 Å². The topological polar surface area (TPSA) is 59.2 Å². The molecule has 19 heavy (non-hydrogen) atoms. The van der Waals surface area contributed by atoms with Crippen LogP contribution in [0.4, 0.5) is 11.4 Å². The first-order chi connectivity index (χ1) is 9.18. The third-order valence-corrected chi connectivity index (χ3v) is 3.58. The van der Waals surface area contributed by atoms with Crippen LogP contribution < -0.4 is 10.6 Å². The molecule has 0 saturated carbocycles. The molecule has 1 amide bonds. The lowest BCUT2D eigenvalue weighted by Gasteiger charge is -2.12. The van der Waals surface area contributed by atoms with Crippen LogP contribution in [0.3, 0.4) is 0 Å². The summed E-state index contributed by atoms with van der Waals surface area (Å²) in [5.74, 6) is -0.100. The smallest absolute Gasteiger partial charge is 0.234 e. The first-order valence-corrected chi connectivity index (χ1v) is 6.24. The molecular weight excluding hydrogens is 238 g/mol. The maximum Gasteiger partial charge on any atom is 0.234 e. The minimum absolute atomic E-state index is 0.0820. The summed E-state index contributed by atoms with van der Waals surface area (Å²) in [6.45, 7) is 0. The van der Waals surface area contributed by atoms with Crippen LogP contribution in [0.15, 0.2) is 42.6 Å². The minimum Gasteiger partial charge on any atom is -0.397 e. The van der Waals surface area contributed by atoms with Gasteiger partial charge in [0.15, 0.2) is 0 Å². The minimum atomic E-state index is -0.182. The van der Waals surface area contributed by atoms with Gasteiger partial charge in [-0.15, -0.1) is 0 Å². The first-order valence-electron chi connectivity index (χ1n) is 6.24. The summed E-state index contributed by atoms with van der Waals surface area (Å²) in [5, 5.41) is 0. The number of nitrogen functional groups attached to an aromatic ring is 1. The number of nitrogens with zero attached hydrogens (tertiary/aromatic N) is 2. The van der Waals surface area contributed by atoms with Gasteiger partial charge in [-0.05, 0) is 23.8 Å². The van der Waals surface area contributed by atoms with E-state index in [1.165, 1.54) is 0 Å².